The second kappa shape index (κ2) is 11.2. The number of carbonyl (C=O) groups is 1. The number of morpholine rings is 1. The number of nitrogens with zero attached hydrogens (tertiary/aromatic N) is 2. The third-order valence-corrected chi connectivity index (χ3v) is 7.03. The number of carbonyl (C=O) groups excluding carboxylic acids is 1. The van der Waals surface area contributed by atoms with Crippen LogP contribution in [0.3, 0.4) is 0 Å². The van der Waals surface area contributed by atoms with Crippen LogP contribution in [0.25, 0.3) is 10.9 Å². The van der Waals surface area contributed by atoms with Crippen LogP contribution in [-0.4, -0.2) is 74.3 Å². The maximum atomic E-state index is 13.4. The first kappa shape index (κ1) is 23.8. The molecule has 0 atom stereocenters. The van der Waals surface area contributed by atoms with Gasteiger partial charge in [0.05, 0.1) is 13.2 Å². The maximum Gasteiger partial charge on any atom is 0.251 e. The number of aromatic nitrogens is 1. The Labute approximate surface area is 205 Å². The number of benzene rings is 2. The Morgan fingerprint density at radius 2 is 1.80 bits per heavy atom. The van der Waals surface area contributed by atoms with E-state index in [1.807, 2.05) is 30.3 Å². The Hall–Kier alpha value is -2.94. The Morgan fingerprint density at radius 1 is 1.03 bits per heavy atom. The molecule has 1 amide bonds. The van der Waals surface area contributed by atoms with E-state index in [2.05, 4.69) is 25.4 Å². The average Bonchev–Trinajstić information content (AvgIpc) is 3.30. The van der Waals surface area contributed by atoms with Crippen LogP contribution >= 0.6 is 0 Å². The summed E-state index contributed by atoms with van der Waals surface area (Å²) in [5, 5.41) is 7.57. The zero-order valence-electron chi connectivity index (χ0n) is 20.1. The smallest absolute Gasteiger partial charge is 0.251 e. The van der Waals surface area contributed by atoms with Crippen molar-refractivity contribution in [3.8, 4) is 0 Å². The number of piperidine rings is 1. The molecule has 0 aliphatic carbocycles. The van der Waals surface area contributed by atoms with Gasteiger partial charge < -0.3 is 25.3 Å². The summed E-state index contributed by atoms with van der Waals surface area (Å²) in [6.45, 7) is 7.61. The molecule has 0 spiro atoms. The lowest BCUT2D eigenvalue weighted by Gasteiger charge is -2.34. The van der Waals surface area contributed by atoms with Crippen molar-refractivity contribution in [3.05, 3.63) is 65.6 Å². The average molecular weight is 480 g/mol. The lowest BCUT2D eigenvalue weighted by atomic mass is 10.0. The summed E-state index contributed by atoms with van der Waals surface area (Å²) in [5.74, 6) is -0.228. The van der Waals surface area contributed by atoms with Crippen LogP contribution in [-0.2, 0) is 11.3 Å². The first-order valence-electron chi connectivity index (χ1n) is 12.6. The third kappa shape index (κ3) is 6.20. The minimum atomic E-state index is -0.208. The van der Waals surface area contributed by atoms with Crippen LogP contribution in [0.2, 0.25) is 0 Å². The van der Waals surface area contributed by atoms with E-state index < -0.39 is 0 Å². The summed E-state index contributed by atoms with van der Waals surface area (Å²) >= 11 is 0. The molecule has 2 fully saturated rings. The van der Waals surface area contributed by atoms with Gasteiger partial charge in [-0.2, -0.15) is 0 Å². The molecule has 3 N–H and O–H groups in total. The molecular formula is C27H34FN5O2. The second-order valence-electron chi connectivity index (χ2n) is 9.43. The molecule has 7 nitrogen and oxygen atoms in total. The SMILES string of the molecule is O=C(NCCN1CCOCC1)c1ccc(N2CCC(NCc3cc4cc(F)ccc4[nH]3)CC2)cc1. The predicted molar refractivity (Wildman–Crippen MR) is 136 cm³/mol. The fraction of sp³-hybridized carbons (Fsp3) is 0.444. The van der Waals surface area contributed by atoms with E-state index in [0.29, 0.717) is 18.2 Å². The number of amides is 1. The Morgan fingerprint density at radius 3 is 2.57 bits per heavy atom. The van der Waals surface area contributed by atoms with Gasteiger partial charge in [0.15, 0.2) is 0 Å². The van der Waals surface area contributed by atoms with Crippen LogP contribution in [0.15, 0.2) is 48.5 Å². The highest BCUT2D eigenvalue weighted by molar-refractivity contribution is 5.94. The fourth-order valence-electron chi connectivity index (χ4n) is 4.93. The van der Waals surface area contributed by atoms with Crippen molar-refractivity contribution in [3.63, 3.8) is 0 Å². The van der Waals surface area contributed by atoms with E-state index in [4.69, 9.17) is 4.74 Å². The van der Waals surface area contributed by atoms with Crippen molar-refractivity contribution in [2.75, 3.05) is 57.4 Å². The first-order valence-corrected chi connectivity index (χ1v) is 12.6. The largest absolute Gasteiger partial charge is 0.379 e. The van der Waals surface area contributed by atoms with Crippen LogP contribution in [0.1, 0.15) is 28.9 Å². The van der Waals surface area contributed by atoms with Gasteiger partial charge in [0.2, 0.25) is 0 Å². The number of hydrogen-bond donors (Lipinski definition) is 3. The van der Waals surface area contributed by atoms with Crippen molar-refractivity contribution in [2.45, 2.75) is 25.4 Å². The quantitative estimate of drug-likeness (QED) is 0.463. The summed E-state index contributed by atoms with van der Waals surface area (Å²) in [4.78, 5) is 20.5. The van der Waals surface area contributed by atoms with E-state index >= 15 is 0 Å². The number of ether oxygens (including phenoxy) is 1. The Kier molecular flexibility index (Phi) is 7.61. The zero-order valence-corrected chi connectivity index (χ0v) is 20.1. The second-order valence-corrected chi connectivity index (χ2v) is 9.43. The van der Waals surface area contributed by atoms with E-state index in [-0.39, 0.29) is 11.7 Å². The molecule has 0 unspecified atom stereocenters. The molecule has 2 aromatic carbocycles. The van der Waals surface area contributed by atoms with Crippen LogP contribution < -0.4 is 15.5 Å². The molecular weight excluding hydrogens is 445 g/mol. The third-order valence-electron chi connectivity index (χ3n) is 7.03. The van der Waals surface area contributed by atoms with Crippen LogP contribution in [0.5, 0.6) is 0 Å². The van der Waals surface area contributed by atoms with Gasteiger partial charge in [-0.1, -0.05) is 0 Å². The Balaban J connectivity index is 1.05. The molecule has 2 aliphatic rings. The molecule has 8 heteroatoms. The summed E-state index contributed by atoms with van der Waals surface area (Å²) in [6.07, 6.45) is 2.11. The van der Waals surface area contributed by atoms with Crippen molar-refractivity contribution in [1.82, 2.24) is 20.5 Å². The molecule has 0 bridgehead atoms. The predicted octanol–water partition coefficient (Wildman–Crippen LogP) is 3.13. The van der Waals surface area contributed by atoms with Gasteiger partial charge in [0, 0.05) is 79.7 Å². The number of fused-ring (bicyclic) bond motifs is 1. The van der Waals surface area contributed by atoms with Gasteiger partial charge in [0.1, 0.15) is 5.82 Å². The first-order chi connectivity index (χ1) is 17.1. The molecule has 35 heavy (non-hydrogen) atoms. The topological polar surface area (TPSA) is 72.6 Å². The summed E-state index contributed by atoms with van der Waals surface area (Å²) < 4.78 is 18.8. The molecule has 5 rings (SSSR count). The van der Waals surface area contributed by atoms with Gasteiger partial charge in [-0.15, -0.1) is 0 Å². The zero-order chi connectivity index (χ0) is 24.0. The fourth-order valence-corrected chi connectivity index (χ4v) is 4.93. The molecule has 0 radical (unpaired) electrons. The minimum absolute atomic E-state index is 0.0209. The number of aromatic amines is 1. The lowest BCUT2D eigenvalue weighted by molar-refractivity contribution is 0.0383. The maximum absolute atomic E-state index is 13.4. The normalized spacial score (nSPS) is 17.7. The molecule has 0 saturated carbocycles. The molecule has 2 saturated heterocycles. The number of hydrogen-bond acceptors (Lipinski definition) is 5. The molecule has 3 heterocycles. The van der Waals surface area contributed by atoms with Crippen LogP contribution in [0.4, 0.5) is 10.1 Å². The van der Waals surface area contributed by atoms with Gasteiger partial charge in [-0.05, 0) is 61.4 Å². The molecule has 3 aromatic rings. The number of halogens is 1. The number of nitrogens with one attached hydrogen (secondary N) is 3. The summed E-state index contributed by atoms with van der Waals surface area (Å²) in [7, 11) is 0. The van der Waals surface area contributed by atoms with Crippen molar-refractivity contribution in [2.24, 2.45) is 0 Å². The van der Waals surface area contributed by atoms with Gasteiger partial charge in [-0.25, -0.2) is 4.39 Å². The Bertz CT molecular complexity index is 1120. The van der Waals surface area contributed by atoms with Gasteiger partial charge in [0.25, 0.3) is 5.91 Å². The number of rotatable bonds is 8. The van der Waals surface area contributed by atoms with Crippen molar-refractivity contribution < 1.29 is 13.9 Å². The van der Waals surface area contributed by atoms with Crippen molar-refractivity contribution in [1.29, 1.82) is 0 Å². The number of anilines is 1. The highest BCUT2D eigenvalue weighted by atomic mass is 19.1. The monoisotopic (exact) mass is 479 g/mol. The standard InChI is InChI=1S/C27H34FN5O2/c28-22-3-6-26-21(17-22)18-24(31-26)19-30-23-7-10-33(11-8-23)25-4-1-20(2-5-25)27(34)29-9-12-32-13-15-35-16-14-32/h1-6,17-18,23,30-31H,7-16,19H2,(H,29,34). The highest BCUT2D eigenvalue weighted by Gasteiger charge is 2.20. The molecule has 1 aromatic heterocycles. The van der Waals surface area contributed by atoms with E-state index in [1.54, 1.807) is 12.1 Å². The molecule has 186 valence electrons. The van der Waals surface area contributed by atoms with E-state index in [9.17, 15) is 9.18 Å². The number of H-pyrrole nitrogens is 1. The summed E-state index contributed by atoms with van der Waals surface area (Å²) in [5.41, 5.74) is 3.90. The lowest BCUT2D eigenvalue weighted by Crippen LogP contribution is -2.42. The van der Waals surface area contributed by atoms with Crippen molar-refractivity contribution >= 4 is 22.5 Å². The minimum Gasteiger partial charge on any atom is -0.379 e. The highest BCUT2D eigenvalue weighted by Crippen LogP contribution is 2.22. The van der Waals surface area contributed by atoms with Gasteiger partial charge >= 0.3 is 0 Å². The van der Waals surface area contributed by atoms with Crippen LogP contribution in [0, 0.1) is 5.82 Å². The van der Waals surface area contributed by atoms with E-state index in [0.717, 1.165) is 87.6 Å². The molecule has 2 aliphatic heterocycles. The summed E-state index contributed by atoms with van der Waals surface area (Å²) in [6, 6.07) is 15.2. The van der Waals surface area contributed by atoms with E-state index in [1.165, 1.54) is 6.07 Å². The van der Waals surface area contributed by atoms with Gasteiger partial charge in [-0.3, -0.25) is 9.69 Å².